The summed E-state index contributed by atoms with van der Waals surface area (Å²) in [7, 11) is -10.7. The van der Waals surface area contributed by atoms with Gasteiger partial charge in [0.05, 0.1) is 0 Å². The molecule has 0 bridgehead atoms. The van der Waals surface area contributed by atoms with Crippen molar-refractivity contribution in [2.24, 2.45) is 0 Å². The first kappa shape index (κ1) is 24.3. The Morgan fingerprint density at radius 2 is 0.933 bits per heavy atom. The van der Waals surface area contributed by atoms with E-state index in [4.69, 9.17) is 0 Å². The number of hydrogen-bond acceptors (Lipinski definition) is 0. The molecule has 0 saturated heterocycles. The molecule has 164 valence electrons. The molecule has 0 atom stereocenters. The third kappa shape index (κ3) is 10.2. The molecule has 0 N–H and O–H groups in total. The molecular weight excluding hydrogens is 441 g/mol. The predicted octanol–water partition coefficient (Wildman–Crippen LogP) is 9.27. The van der Waals surface area contributed by atoms with E-state index in [-0.39, 0.29) is 5.41 Å². The van der Waals surface area contributed by atoms with Crippen LogP contribution in [0.25, 0.3) is 11.1 Å². The van der Waals surface area contributed by atoms with E-state index in [9.17, 15) is 25.2 Å². The Hall–Kier alpha value is -1.98. The molecule has 0 heterocycles. The SMILES string of the molecule is CC(C)(C)c1ccc(-c2ccc([SH+]c3ccccc3)cc2)cc1.F[P-](F)(F)(F)(F)F. The standard InChI is InChI=1S/C22H22S.F6P/c1-22(2,3)19-13-9-17(10-14-19)18-11-15-21(16-12-18)23-20-7-5-4-6-8-20;1-7(2,3,4,5)6/h4-16H,1-3H3;/q;-1/p+1. The Morgan fingerprint density at radius 3 is 1.33 bits per heavy atom. The summed E-state index contributed by atoms with van der Waals surface area (Å²) in [5, 5.41) is 0. The maximum absolute atomic E-state index is 10.7. The summed E-state index contributed by atoms with van der Waals surface area (Å²) in [6.45, 7) is 6.75. The molecule has 0 amide bonds. The van der Waals surface area contributed by atoms with Crippen LogP contribution in [0.2, 0.25) is 0 Å². The number of rotatable bonds is 3. The van der Waals surface area contributed by atoms with Crippen molar-refractivity contribution in [1.29, 1.82) is 0 Å². The first-order valence-corrected chi connectivity index (χ1v) is 11.9. The van der Waals surface area contributed by atoms with Crippen molar-refractivity contribution in [2.75, 3.05) is 0 Å². The van der Waals surface area contributed by atoms with E-state index in [1.54, 1.807) is 0 Å². The van der Waals surface area contributed by atoms with Gasteiger partial charge in [-0.15, -0.1) is 0 Å². The normalized spacial score (nSPS) is 14.2. The van der Waals surface area contributed by atoms with Gasteiger partial charge in [-0.3, -0.25) is 0 Å². The van der Waals surface area contributed by atoms with Gasteiger partial charge in [-0.25, -0.2) is 0 Å². The van der Waals surface area contributed by atoms with Crippen LogP contribution in [0.5, 0.6) is 0 Å². The summed E-state index contributed by atoms with van der Waals surface area (Å²) in [4.78, 5) is 2.65. The summed E-state index contributed by atoms with van der Waals surface area (Å²) in [6, 6.07) is 28.4. The van der Waals surface area contributed by atoms with E-state index >= 15 is 0 Å². The molecule has 0 aromatic heterocycles. The fourth-order valence-electron chi connectivity index (χ4n) is 2.54. The van der Waals surface area contributed by atoms with E-state index in [0.717, 1.165) is 0 Å². The predicted molar refractivity (Wildman–Crippen MR) is 116 cm³/mol. The zero-order valence-corrected chi connectivity index (χ0v) is 18.5. The Balaban J connectivity index is 0.000000396. The van der Waals surface area contributed by atoms with Gasteiger partial charge in [0, 0.05) is 11.8 Å². The molecule has 0 unspecified atom stereocenters. The zero-order chi connectivity index (χ0) is 22.7. The van der Waals surface area contributed by atoms with Crippen molar-refractivity contribution in [2.45, 2.75) is 36.0 Å². The van der Waals surface area contributed by atoms with Crippen LogP contribution in [0.4, 0.5) is 25.2 Å². The minimum atomic E-state index is -10.7. The molecule has 8 heteroatoms. The van der Waals surface area contributed by atoms with E-state index in [1.165, 1.54) is 38.2 Å². The van der Waals surface area contributed by atoms with Crippen LogP contribution in [-0.4, -0.2) is 0 Å². The van der Waals surface area contributed by atoms with E-state index in [2.05, 4.69) is 99.6 Å². The van der Waals surface area contributed by atoms with Crippen molar-refractivity contribution in [3.05, 3.63) is 84.4 Å². The fraction of sp³-hybridized carbons (Fsp3) is 0.182. The average molecular weight is 464 g/mol. The molecule has 0 aliphatic heterocycles. The molecule has 0 aliphatic carbocycles. The molecule has 30 heavy (non-hydrogen) atoms. The van der Waals surface area contributed by atoms with E-state index < -0.39 is 7.81 Å². The molecule has 0 fully saturated rings. The van der Waals surface area contributed by atoms with Gasteiger partial charge in [0.1, 0.15) is 0 Å². The van der Waals surface area contributed by atoms with Crippen LogP contribution < -0.4 is 0 Å². The van der Waals surface area contributed by atoms with Crippen LogP contribution in [0.1, 0.15) is 26.3 Å². The summed E-state index contributed by atoms with van der Waals surface area (Å²) < 4.78 is 59.2. The summed E-state index contributed by atoms with van der Waals surface area (Å²) in [5.74, 6) is 0. The van der Waals surface area contributed by atoms with Gasteiger partial charge in [0.2, 0.25) is 0 Å². The van der Waals surface area contributed by atoms with Gasteiger partial charge < -0.3 is 0 Å². The Kier molecular flexibility index (Phi) is 6.42. The number of thiol groups is 1. The average Bonchev–Trinajstić information content (AvgIpc) is 2.60. The Morgan fingerprint density at radius 1 is 0.567 bits per heavy atom. The number of halogens is 6. The summed E-state index contributed by atoms with van der Waals surface area (Å²) in [5.41, 5.74) is 4.13. The summed E-state index contributed by atoms with van der Waals surface area (Å²) in [6.07, 6.45) is 0. The Labute approximate surface area is 176 Å². The molecule has 3 aromatic carbocycles. The molecule has 0 aliphatic rings. The molecule has 0 radical (unpaired) electrons. The topological polar surface area (TPSA) is 0 Å². The monoisotopic (exact) mass is 464 g/mol. The molecule has 0 nitrogen and oxygen atoms in total. The van der Waals surface area contributed by atoms with Gasteiger partial charge in [-0.2, -0.15) is 0 Å². The van der Waals surface area contributed by atoms with Gasteiger partial charge in [0.25, 0.3) is 0 Å². The van der Waals surface area contributed by atoms with Crippen LogP contribution in [0.3, 0.4) is 0 Å². The van der Waals surface area contributed by atoms with Crippen molar-refractivity contribution in [3.63, 3.8) is 0 Å². The van der Waals surface area contributed by atoms with Gasteiger partial charge in [-0.1, -0.05) is 63.2 Å². The quantitative estimate of drug-likeness (QED) is 0.157. The molecule has 0 spiro atoms. The number of hydrogen-bond donors (Lipinski definition) is 0. The second-order valence-electron chi connectivity index (χ2n) is 7.78. The van der Waals surface area contributed by atoms with Crippen LogP contribution in [0, 0.1) is 0 Å². The van der Waals surface area contributed by atoms with Crippen LogP contribution in [0.15, 0.2) is 88.7 Å². The second kappa shape index (κ2) is 7.93. The van der Waals surface area contributed by atoms with Crippen molar-refractivity contribution in [3.8, 4) is 11.1 Å². The van der Waals surface area contributed by atoms with E-state index in [1.807, 2.05) is 0 Å². The Bertz CT molecular complexity index is 948. The van der Waals surface area contributed by atoms with Crippen molar-refractivity contribution < 1.29 is 25.2 Å². The third-order valence-electron chi connectivity index (χ3n) is 3.97. The molecule has 3 aromatic rings. The number of benzene rings is 3. The minimum absolute atomic E-state index is 0.205. The molecule has 3 rings (SSSR count). The molecular formula is C22H23F6PS. The zero-order valence-electron chi connectivity index (χ0n) is 16.7. The van der Waals surface area contributed by atoms with Gasteiger partial charge in [-0.05, 0) is 58.5 Å². The van der Waals surface area contributed by atoms with Gasteiger partial charge >= 0.3 is 33.0 Å². The second-order valence-corrected chi connectivity index (χ2v) is 11.0. The summed E-state index contributed by atoms with van der Waals surface area (Å²) >= 11 is 1.26. The maximum atomic E-state index is 9.87. The van der Waals surface area contributed by atoms with E-state index in [0.29, 0.717) is 0 Å². The molecule has 0 saturated carbocycles. The first-order valence-electron chi connectivity index (χ1n) is 9.01. The fourth-order valence-corrected chi connectivity index (χ4v) is 3.46. The first-order chi connectivity index (χ1) is 13.5. The third-order valence-corrected chi connectivity index (χ3v) is 5.08. The van der Waals surface area contributed by atoms with Crippen LogP contribution in [-0.2, 0) is 17.2 Å². The van der Waals surface area contributed by atoms with Crippen LogP contribution >= 0.6 is 7.81 Å². The van der Waals surface area contributed by atoms with Crippen molar-refractivity contribution >= 4 is 19.6 Å². The van der Waals surface area contributed by atoms with Crippen molar-refractivity contribution in [1.82, 2.24) is 0 Å². The van der Waals surface area contributed by atoms with Gasteiger partial charge in [0.15, 0.2) is 9.79 Å².